The lowest BCUT2D eigenvalue weighted by Crippen LogP contribution is -2.43. The number of hydroxylamine groups is 2. The Kier molecular flexibility index (Phi) is 5.33. The number of aromatic hydroxyl groups is 2. The second-order valence-corrected chi connectivity index (χ2v) is 7.50. The van der Waals surface area contributed by atoms with Crippen LogP contribution in [0.3, 0.4) is 0 Å². The number of carbonyl (C=O) groups excluding carboxylic acids is 1. The minimum absolute atomic E-state index is 0.184. The molecule has 0 spiro atoms. The van der Waals surface area contributed by atoms with Gasteiger partial charge in [0.25, 0.3) is 0 Å². The molecule has 0 bridgehead atoms. The van der Waals surface area contributed by atoms with E-state index in [2.05, 4.69) is 0 Å². The molecule has 0 atom stereocenters. The van der Waals surface area contributed by atoms with Crippen LogP contribution in [0.5, 0.6) is 11.5 Å². The van der Waals surface area contributed by atoms with Gasteiger partial charge in [0.1, 0.15) is 11.5 Å². The van der Waals surface area contributed by atoms with Crippen LogP contribution < -0.4 is 0 Å². The Labute approximate surface area is 174 Å². The van der Waals surface area contributed by atoms with Crippen LogP contribution in [0.15, 0.2) is 54.6 Å². The van der Waals surface area contributed by atoms with Gasteiger partial charge in [-0.1, -0.05) is 0 Å². The Hall–Kier alpha value is -3.52. The van der Waals surface area contributed by atoms with Gasteiger partial charge < -0.3 is 15.1 Å². The summed E-state index contributed by atoms with van der Waals surface area (Å²) in [5, 5.41) is 34.1. The van der Waals surface area contributed by atoms with Crippen molar-refractivity contribution in [1.82, 2.24) is 19.7 Å². The van der Waals surface area contributed by atoms with Crippen LogP contribution in [-0.2, 0) is 0 Å². The van der Waals surface area contributed by atoms with E-state index in [9.17, 15) is 20.2 Å². The molecule has 8 nitrogen and oxygen atoms in total. The highest BCUT2D eigenvalue weighted by Crippen LogP contribution is 2.33. The molecule has 0 aliphatic carbocycles. The molecular formula is C22H24N4O4. The maximum absolute atomic E-state index is 12.0. The van der Waals surface area contributed by atoms with Gasteiger partial charge in [-0.15, -0.1) is 0 Å². The maximum Gasteiger partial charge on any atom is 0.343 e. The quantitative estimate of drug-likeness (QED) is 0.454. The van der Waals surface area contributed by atoms with E-state index in [1.165, 1.54) is 7.05 Å². The number of hydrogen-bond donors (Lipinski definition) is 3. The minimum Gasteiger partial charge on any atom is -0.508 e. The van der Waals surface area contributed by atoms with Gasteiger partial charge in [0.05, 0.1) is 17.1 Å². The summed E-state index contributed by atoms with van der Waals surface area (Å²) in [7, 11) is 1.33. The molecule has 1 fully saturated rings. The Morgan fingerprint density at radius 1 is 1.00 bits per heavy atom. The minimum atomic E-state index is -0.396. The fourth-order valence-electron chi connectivity index (χ4n) is 3.80. The normalized spacial score (nSPS) is 14.7. The van der Waals surface area contributed by atoms with E-state index < -0.39 is 6.03 Å². The zero-order valence-corrected chi connectivity index (χ0v) is 16.6. The highest BCUT2D eigenvalue weighted by Gasteiger charge is 2.27. The zero-order chi connectivity index (χ0) is 21.3. The Morgan fingerprint density at radius 2 is 1.57 bits per heavy atom. The molecule has 4 rings (SSSR count). The highest BCUT2D eigenvalue weighted by atomic mass is 16.5. The summed E-state index contributed by atoms with van der Waals surface area (Å²) < 4.78 is 1.83. The summed E-state index contributed by atoms with van der Waals surface area (Å²) in [4.78, 5) is 13.6. The van der Waals surface area contributed by atoms with Gasteiger partial charge in [0.2, 0.25) is 0 Å². The number of piperidine rings is 1. The maximum atomic E-state index is 12.0. The van der Waals surface area contributed by atoms with E-state index in [4.69, 9.17) is 5.10 Å². The van der Waals surface area contributed by atoms with E-state index in [-0.39, 0.29) is 17.4 Å². The molecular weight excluding hydrogens is 384 g/mol. The summed E-state index contributed by atoms with van der Waals surface area (Å²) in [5.74, 6) is 0.566. The summed E-state index contributed by atoms with van der Waals surface area (Å²) in [6.45, 7) is 1.10. The van der Waals surface area contributed by atoms with Gasteiger partial charge in [-0.3, -0.25) is 5.21 Å². The summed E-state index contributed by atoms with van der Waals surface area (Å²) in [6, 6.07) is 15.4. The van der Waals surface area contributed by atoms with Crippen LogP contribution >= 0.6 is 0 Å². The summed E-state index contributed by atoms with van der Waals surface area (Å²) >= 11 is 0. The van der Waals surface area contributed by atoms with E-state index in [1.54, 1.807) is 41.3 Å². The number of likely N-dealkylation sites (tertiary alicyclic amines) is 1. The topological polar surface area (TPSA) is 102 Å². The lowest BCUT2D eigenvalue weighted by atomic mass is 9.93. The first-order valence-electron chi connectivity index (χ1n) is 9.82. The molecule has 1 aromatic heterocycles. The lowest BCUT2D eigenvalue weighted by molar-refractivity contribution is -0.0356. The van der Waals surface area contributed by atoms with Gasteiger partial charge in [0.15, 0.2) is 0 Å². The molecule has 2 heterocycles. The lowest BCUT2D eigenvalue weighted by Gasteiger charge is -2.32. The number of carbonyl (C=O) groups is 1. The summed E-state index contributed by atoms with van der Waals surface area (Å²) in [5.41, 5.74) is 3.53. The van der Waals surface area contributed by atoms with Gasteiger partial charge in [-0.05, 0) is 67.4 Å². The number of nitrogens with zero attached hydrogens (tertiary/aromatic N) is 4. The number of aromatic nitrogens is 2. The number of phenolic OH excluding ortho intramolecular Hbond substituents is 2. The number of benzene rings is 2. The van der Waals surface area contributed by atoms with E-state index >= 15 is 0 Å². The van der Waals surface area contributed by atoms with Crippen LogP contribution in [0.2, 0.25) is 0 Å². The Morgan fingerprint density at radius 3 is 2.13 bits per heavy atom. The molecule has 156 valence electrons. The van der Waals surface area contributed by atoms with Gasteiger partial charge in [0, 0.05) is 31.6 Å². The molecule has 3 aromatic rings. The molecule has 3 N–H and O–H groups in total. The molecule has 30 heavy (non-hydrogen) atoms. The molecule has 0 unspecified atom stereocenters. The van der Waals surface area contributed by atoms with E-state index in [1.807, 2.05) is 22.9 Å². The van der Waals surface area contributed by atoms with Gasteiger partial charge in [-0.2, -0.15) is 5.10 Å². The molecule has 8 heteroatoms. The number of amides is 2. The highest BCUT2D eigenvalue weighted by molar-refractivity contribution is 5.73. The van der Waals surface area contributed by atoms with Crippen molar-refractivity contribution in [3.63, 3.8) is 0 Å². The average molecular weight is 408 g/mol. The number of urea groups is 1. The molecule has 1 aliphatic heterocycles. The van der Waals surface area contributed by atoms with Crippen LogP contribution in [-0.4, -0.2) is 61.3 Å². The summed E-state index contributed by atoms with van der Waals surface area (Å²) in [6.07, 6.45) is 1.50. The molecule has 1 saturated heterocycles. The SMILES string of the molecule is CN(O)C(=O)N1CCC(c2cc(-c3ccc(O)cc3)n(-c3ccc(O)cc3)n2)CC1. The monoisotopic (exact) mass is 408 g/mol. The van der Waals surface area contributed by atoms with E-state index in [0.717, 1.165) is 35.5 Å². The van der Waals surface area contributed by atoms with Crippen LogP contribution in [0.25, 0.3) is 16.9 Å². The predicted octanol–water partition coefficient (Wildman–Crippen LogP) is 3.57. The van der Waals surface area contributed by atoms with E-state index in [0.29, 0.717) is 18.2 Å². The molecule has 0 radical (unpaired) electrons. The standard InChI is InChI=1S/C22H24N4O4/c1-24(30)22(29)25-12-10-15(11-13-25)20-14-21(16-2-6-18(27)7-3-16)26(23-20)17-4-8-19(28)9-5-17/h2-9,14-15,27-28,30H,10-13H2,1H3. The Balaban J connectivity index is 1.65. The van der Waals surface area contributed by atoms with Crippen molar-refractivity contribution < 1.29 is 20.2 Å². The predicted molar refractivity (Wildman–Crippen MR) is 111 cm³/mol. The van der Waals surface area contributed by atoms with Crippen LogP contribution in [0, 0.1) is 0 Å². The van der Waals surface area contributed by atoms with Crippen molar-refractivity contribution >= 4 is 6.03 Å². The molecule has 0 saturated carbocycles. The second-order valence-electron chi connectivity index (χ2n) is 7.50. The number of phenols is 2. The van der Waals surface area contributed by atoms with Crippen molar-refractivity contribution in [3.8, 4) is 28.4 Å². The van der Waals surface area contributed by atoms with Crippen molar-refractivity contribution in [1.29, 1.82) is 0 Å². The average Bonchev–Trinajstić information content (AvgIpc) is 3.19. The van der Waals surface area contributed by atoms with Crippen molar-refractivity contribution in [2.45, 2.75) is 18.8 Å². The molecule has 2 aromatic carbocycles. The van der Waals surface area contributed by atoms with Crippen molar-refractivity contribution in [2.75, 3.05) is 20.1 Å². The van der Waals surface area contributed by atoms with Gasteiger partial charge in [-0.25, -0.2) is 14.5 Å². The first-order chi connectivity index (χ1) is 14.4. The van der Waals surface area contributed by atoms with Crippen LogP contribution in [0.1, 0.15) is 24.5 Å². The third kappa shape index (κ3) is 3.95. The largest absolute Gasteiger partial charge is 0.508 e. The second kappa shape index (κ2) is 8.08. The van der Waals surface area contributed by atoms with Crippen molar-refractivity contribution in [2.24, 2.45) is 0 Å². The third-order valence-corrected chi connectivity index (χ3v) is 5.45. The number of rotatable bonds is 3. The Bertz CT molecular complexity index is 957. The fourth-order valence-corrected chi connectivity index (χ4v) is 3.80. The first-order valence-corrected chi connectivity index (χ1v) is 9.82. The van der Waals surface area contributed by atoms with Crippen LogP contribution in [0.4, 0.5) is 4.79 Å². The molecule has 1 aliphatic rings. The molecule has 2 amide bonds. The van der Waals surface area contributed by atoms with Crippen molar-refractivity contribution in [3.05, 3.63) is 60.3 Å². The fraction of sp³-hybridized carbons (Fsp3) is 0.273. The first kappa shape index (κ1) is 19.8. The van der Waals surface area contributed by atoms with Gasteiger partial charge >= 0.3 is 6.03 Å². The third-order valence-electron chi connectivity index (χ3n) is 5.45. The number of hydrogen-bond acceptors (Lipinski definition) is 5. The smallest absolute Gasteiger partial charge is 0.343 e. The zero-order valence-electron chi connectivity index (χ0n) is 16.6.